The van der Waals surface area contributed by atoms with Crippen LogP contribution in [-0.4, -0.2) is 47.2 Å². The molecule has 0 saturated carbocycles. The van der Waals surface area contributed by atoms with Gasteiger partial charge in [-0.15, -0.1) is 24.8 Å². The fraction of sp³-hybridized carbons (Fsp3) is 0.750. The molecule has 1 heterocycles. The molecule has 0 spiro atoms. The first-order chi connectivity index (χ1) is 6.69. The third-order valence-electron chi connectivity index (χ3n) is 2.45. The summed E-state index contributed by atoms with van der Waals surface area (Å²) in [4.78, 5) is 10.7. The van der Waals surface area contributed by atoms with Gasteiger partial charge in [0.15, 0.2) is 0 Å². The van der Waals surface area contributed by atoms with Crippen molar-refractivity contribution in [3.8, 4) is 0 Å². The molecule has 6 nitrogen and oxygen atoms in total. The quantitative estimate of drug-likeness (QED) is 0.528. The number of rotatable bonds is 3. The van der Waals surface area contributed by atoms with Gasteiger partial charge in [0.25, 0.3) is 0 Å². The lowest BCUT2D eigenvalue weighted by atomic mass is 9.99. The van der Waals surface area contributed by atoms with Crippen molar-refractivity contribution in [2.24, 2.45) is 11.7 Å². The molecule has 1 fully saturated rings. The van der Waals surface area contributed by atoms with E-state index in [0.29, 0.717) is 25.6 Å². The number of carboxylic acid groups (broad SMARTS) is 1. The monoisotopic (exact) mass is 272 g/mol. The zero-order valence-corrected chi connectivity index (χ0v) is 10.5. The number of halogens is 2. The smallest absolute Gasteiger partial charge is 0.427 e. The summed E-state index contributed by atoms with van der Waals surface area (Å²) in [5, 5.41) is 18.4. The molecule has 0 bridgehead atoms. The maximum absolute atomic E-state index is 10.7. The Balaban J connectivity index is 0. The van der Waals surface area contributed by atoms with E-state index in [4.69, 9.17) is 16.2 Å². The molecule has 1 aliphatic heterocycles. The Morgan fingerprint density at radius 2 is 2.25 bits per heavy atom. The summed E-state index contributed by atoms with van der Waals surface area (Å²) in [6.45, 7) is 1.87. The molecular formula is C8H18Cl2N4O2. The fourth-order valence-corrected chi connectivity index (χ4v) is 1.69. The minimum absolute atomic E-state index is 0. The second kappa shape index (κ2) is 8.58. The van der Waals surface area contributed by atoms with Crippen molar-refractivity contribution in [2.75, 3.05) is 19.6 Å². The fourth-order valence-electron chi connectivity index (χ4n) is 1.69. The van der Waals surface area contributed by atoms with Crippen LogP contribution < -0.4 is 5.73 Å². The number of nitrogens with one attached hydrogen (secondary N) is 1. The number of nitrogens with zero attached hydrogens (tertiary/aromatic N) is 2. The van der Waals surface area contributed by atoms with Crippen LogP contribution >= 0.6 is 24.8 Å². The van der Waals surface area contributed by atoms with Crippen molar-refractivity contribution in [1.82, 2.24) is 10.0 Å². The van der Waals surface area contributed by atoms with E-state index in [9.17, 15) is 4.79 Å². The number of hydrogen-bond donors (Lipinski definition) is 3. The summed E-state index contributed by atoms with van der Waals surface area (Å²) in [5.41, 5.74) is 5.53. The van der Waals surface area contributed by atoms with Crippen molar-refractivity contribution >= 4 is 37.2 Å². The first-order valence-electron chi connectivity index (χ1n) is 4.66. The Labute approximate surface area is 107 Å². The highest BCUT2D eigenvalue weighted by molar-refractivity contribution is 5.85. The van der Waals surface area contributed by atoms with Crippen LogP contribution in [0.5, 0.6) is 0 Å². The van der Waals surface area contributed by atoms with Gasteiger partial charge in [0.1, 0.15) is 6.34 Å². The summed E-state index contributed by atoms with van der Waals surface area (Å²) in [7, 11) is 0. The highest BCUT2D eigenvalue weighted by atomic mass is 35.5. The largest absolute Gasteiger partial charge is 0.464 e. The Morgan fingerprint density at radius 1 is 1.62 bits per heavy atom. The molecule has 1 aliphatic rings. The standard InChI is InChI=1S/C8H16N4O2.2ClH/c9-4-7-2-1-3-11(5-7)12(6-10)8(13)14;;/h6-7,10H,1-5,9H2,(H,13,14);2*1H/t7-;;/m0../s1. The second-order valence-electron chi connectivity index (χ2n) is 3.41. The third kappa shape index (κ3) is 4.52. The van der Waals surface area contributed by atoms with Gasteiger partial charge in [0.2, 0.25) is 0 Å². The highest BCUT2D eigenvalue weighted by Gasteiger charge is 2.25. The van der Waals surface area contributed by atoms with Crippen LogP contribution in [0.1, 0.15) is 12.8 Å². The summed E-state index contributed by atoms with van der Waals surface area (Å²) in [6, 6.07) is 0. The van der Waals surface area contributed by atoms with E-state index < -0.39 is 6.09 Å². The number of amides is 1. The lowest BCUT2D eigenvalue weighted by molar-refractivity contribution is 0.0164. The number of hydrazine groups is 1. The molecule has 0 aromatic carbocycles. The molecule has 0 radical (unpaired) electrons. The van der Waals surface area contributed by atoms with Crippen LogP contribution in [0.15, 0.2) is 0 Å². The Bertz CT molecular complexity index is 230. The van der Waals surface area contributed by atoms with Gasteiger partial charge in [0.05, 0.1) is 0 Å². The lowest BCUT2D eigenvalue weighted by Gasteiger charge is -2.36. The normalized spacial score (nSPS) is 20.2. The number of carbonyl (C=O) groups is 1. The topological polar surface area (TPSA) is 93.6 Å². The lowest BCUT2D eigenvalue weighted by Crippen LogP contribution is -2.50. The average molecular weight is 273 g/mol. The van der Waals surface area contributed by atoms with E-state index in [2.05, 4.69) is 0 Å². The van der Waals surface area contributed by atoms with Gasteiger partial charge in [-0.2, -0.15) is 5.01 Å². The van der Waals surface area contributed by atoms with E-state index in [1.54, 1.807) is 5.01 Å². The highest BCUT2D eigenvalue weighted by Crippen LogP contribution is 2.16. The molecule has 1 atom stereocenters. The minimum atomic E-state index is -1.11. The summed E-state index contributed by atoms with van der Waals surface area (Å²) in [5.74, 6) is 0.338. The molecule has 16 heavy (non-hydrogen) atoms. The van der Waals surface area contributed by atoms with Crippen LogP contribution in [0.2, 0.25) is 0 Å². The molecule has 8 heteroatoms. The second-order valence-corrected chi connectivity index (χ2v) is 3.41. The molecule has 1 rings (SSSR count). The van der Waals surface area contributed by atoms with E-state index >= 15 is 0 Å². The van der Waals surface area contributed by atoms with E-state index in [-0.39, 0.29) is 24.8 Å². The summed E-state index contributed by atoms with van der Waals surface area (Å²) >= 11 is 0. The van der Waals surface area contributed by atoms with Crippen molar-refractivity contribution in [2.45, 2.75) is 12.8 Å². The maximum atomic E-state index is 10.7. The molecule has 1 amide bonds. The Morgan fingerprint density at radius 3 is 2.69 bits per heavy atom. The maximum Gasteiger partial charge on any atom is 0.427 e. The number of nitrogens with two attached hydrogens (primary N) is 1. The summed E-state index contributed by atoms with van der Waals surface area (Å²) < 4.78 is 0. The van der Waals surface area contributed by atoms with E-state index in [1.165, 1.54) is 0 Å². The zero-order valence-electron chi connectivity index (χ0n) is 8.83. The molecule has 96 valence electrons. The predicted octanol–water partition coefficient (Wildman–Crippen LogP) is 1.00. The Kier molecular flexibility index (Phi) is 9.55. The van der Waals surface area contributed by atoms with Crippen LogP contribution in [0.25, 0.3) is 0 Å². The number of piperidine rings is 1. The molecule has 0 aliphatic carbocycles. The summed E-state index contributed by atoms with van der Waals surface area (Å²) in [6.07, 6.45) is 1.68. The molecular weight excluding hydrogens is 255 g/mol. The molecule has 0 aromatic rings. The Hall–Kier alpha value is -0.560. The number of hydrogen-bond acceptors (Lipinski definition) is 4. The van der Waals surface area contributed by atoms with Crippen LogP contribution in [0.4, 0.5) is 4.79 Å². The van der Waals surface area contributed by atoms with Crippen molar-refractivity contribution in [3.63, 3.8) is 0 Å². The predicted molar refractivity (Wildman–Crippen MR) is 66.5 cm³/mol. The molecule has 4 N–H and O–H groups in total. The van der Waals surface area contributed by atoms with Gasteiger partial charge in [-0.1, -0.05) is 0 Å². The zero-order chi connectivity index (χ0) is 10.6. The van der Waals surface area contributed by atoms with Crippen LogP contribution in [0, 0.1) is 11.3 Å². The molecule has 0 aromatic heterocycles. The minimum Gasteiger partial charge on any atom is -0.464 e. The van der Waals surface area contributed by atoms with Crippen LogP contribution in [0.3, 0.4) is 0 Å². The SMILES string of the molecule is Cl.Cl.N=CN(C(=O)O)N1CCC[C@@H](CN)C1. The first kappa shape index (κ1) is 17.8. The first-order valence-corrected chi connectivity index (χ1v) is 4.66. The van der Waals surface area contributed by atoms with Crippen molar-refractivity contribution in [3.05, 3.63) is 0 Å². The van der Waals surface area contributed by atoms with Crippen molar-refractivity contribution in [1.29, 1.82) is 5.41 Å². The van der Waals surface area contributed by atoms with Gasteiger partial charge in [-0.25, -0.2) is 9.80 Å². The van der Waals surface area contributed by atoms with E-state index in [1.807, 2.05) is 0 Å². The molecule has 0 unspecified atom stereocenters. The average Bonchev–Trinajstić information content (AvgIpc) is 2.19. The van der Waals surface area contributed by atoms with Gasteiger partial charge >= 0.3 is 6.09 Å². The van der Waals surface area contributed by atoms with E-state index in [0.717, 1.165) is 24.2 Å². The van der Waals surface area contributed by atoms with Gasteiger partial charge in [-0.05, 0) is 25.3 Å². The van der Waals surface area contributed by atoms with Crippen molar-refractivity contribution < 1.29 is 9.90 Å². The van der Waals surface area contributed by atoms with Gasteiger partial charge in [0, 0.05) is 13.1 Å². The van der Waals surface area contributed by atoms with Gasteiger partial charge < -0.3 is 10.8 Å². The van der Waals surface area contributed by atoms with Gasteiger partial charge in [-0.3, -0.25) is 5.41 Å². The third-order valence-corrected chi connectivity index (χ3v) is 2.45. The molecule has 1 saturated heterocycles. The van der Waals surface area contributed by atoms with Crippen LogP contribution in [-0.2, 0) is 0 Å².